The minimum atomic E-state index is -3.98. The van der Waals surface area contributed by atoms with E-state index in [-0.39, 0.29) is 10.8 Å². The van der Waals surface area contributed by atoms with Crippen molar-refractivity contribution in [3.8, 4) is 22.5 Å². The van der Waals surface area contributed by atoms with Crippen LogP contribution in [0.5, 0.6) is 0 Å². The molecule has 1 saturated carbocycles. The number of carbonyl (C=O) groups excluding carboxylic acids is 1. The molecule has 0 bridgehead atoms. The fraction of sp³-hybridized carbons (Fsp3) is 0.100. The van der Waals surface area contributed by atoms with Crippen molar-refractivity contribution in [1.29, 1.82) is 0 Å². The normalized spacial score (nSPS) is 13.2. The lowest BCUT2D eigenvalue weighted by molar-refractivity contribution is 0.261. The van der Waals surface area contributed by atoms with Gasteiger partial charge in [0.1, 0.15) is 12.0 Å². The molecule has 42 heavy (non-hydrogen) atoms. The Balaban J connectivity index is 1.18. The smallest absolute Gasteiger partial charge is 0.326 e. The number of nitrogens with one attached hydrogen (secondary N) is 2. The van der Waals surface area contributed by atoms with Gasteiger partial charge >= 0.3 is 6.03 Å². The molecule has 6 aromatic rings. The predicted molar refractivity (Wildman–Crippen MR) is 156 cm³/mol. The number of nitrogens with zero attached hydrogens (tertiary/aromatic N) is 5. The zero-order chi connectivity index (χ0) is 28.7. The van der Waals surface area contributed by atoms with E-state index in [4.69, 9.17) is 4.52 Å². The fourth-order valence-corrected chi connectivity index (χ4v) is 6.32. The Bertz CT molecular complexity index is 2020. The molecular formula is C30H23N7O4S. The van der Waals surface area contributed by atoms with Crippen LogP contribution in [0, 0.1) is 0 Å². The Morgan fingerprint density at radius 2 is 1.71 bits per heavy atom. The first kappa shape index (κ1) is 25.6. The Kier molecular flexibility index (Phi) is 6.24. The summed E-state index contributed by atoms with van der Waals surface area (Å²) in [4.78, 5) is 25.7. The fourth-order valence-electron chi connectivity index (χ4n) is 4.82. The van der Waals surface area contributed by atoms with Crippen molar-refractivity contribution >= 4 is 38.7 Å². The van der Waals surface area contributed by atoms with Crippen LogP contribution in [0.2, 0.25) is 0 Å². The Morgan fingerprint density at radius 3 is 2.45 bits per heavy atom. The maximum atomic E-state index is 13.9. The summed E-state index contributed by atoms with van der Waals surface area (Å²) in [6.07, 6.45) is 6.76. The molecule has 0 radical (unpaired) electrons. The van der Waals surface area contributed by atoms with Crippen LogP contribution in [0.1, 0.15) is 24.5 Å². The van der Waals surface area contributed by atoms with Crippen LogP contribution in [-0.2, 0) is 10.0 Å². The lowest BCUT2D eigenvalue weighted by Crippen LogP contribution is -2.19. The van der Waals surface area contributed by atoms with E-state index in [0.29, 0.717) is 39.6 Å². The third kappa shape index (κ3) is 4.77. The minimum absolute atomic E-state index is 0.157. The molecule has 1 aliphatic rings. The molecule has 11 nitrogen and oxygen atoms in total. The molecule has 1 aliphatic carbocycles. The van der Waals surface area contributed by atoms with Crippen LogP contribution < -0.4 is 10.6 Å². The number of aromatic nitrogens is 5. The van der Waals surface area contributed by atoms with E-state index in [9.17, 15) is 13.2 Å². The van der Waals surface area contributed by atoms with Gasteiger partial charge in [0, 0.05) is 41.0 Å². The van der Waals surface area contributed by atoms with Crippen LogP contribution in [0.15, 0.2) is 107 Å². The van der Waals surface area contributed by atoms with Crippen molar-refractivity contribution in [3.63, 3.8) is 0 Å². The second kappa shape index (κ2) is 10.2. The zero-order valence-corrected chi connectivity index (χ0v) is 22.8. The molecule has 1 fully saturated rings. The van der Waals surface area contributed by atoms with Gasteiger partial charge in [-0.1, -0.05) is 35.5 Å². The summed E-state index contributed by atoms with van der Waals surface area (Å²) in [6.45, 7) is 0. The number of anilines is 2. The molecule has 0 spiro atoms. The Labute approximate surface area is 240 Å². The molecule has 0 saturated heterocycles. The maximum Gasteiger partial charge on any atom is 0.326 e. The molecule has 0 unspecified atom stereocenters. The number of urea groups is 1. The number of benzene rings is 2. The summed E-state index contributed by atoms with van der Waals surface area (Å²) in [7, 11) is -3.98. The van der Waals surface area contributed by atoms with E-state index in [1.54, 1.807) is 79.1 Å². The molecule has 0 atom stereocenters. The van der Waals surface area contributed by atoms with Crippen LogP contribution in [0.25, 0.3) is 33.5 Å². The van der Waals surface area contributed by atoms with Crippen molar-refractivity contribution in [2.45, 2.75) is 23.7 Å². The average Bonchev–Trinajstić information content (AvgIpc) is 3.62. The Hall–Kier alpha value is -5.36. The molecule has 7 rings (SSSR count). The molecule has 4 aromatic heterocycles. The van der Waals surface area contributed by atoms with Crippen LogP contribution in [0.4, 0.5) is 16.4 Å². The summed E-state index contributed by atoms with van der Waals surface area (Å²) >= 11 is 0. The zero-order valence-electron chi connectivity index (χ0n) is 22.0. The third-order valence-corrected chi connectivity index (χ3v) is 8.69. The lowest BCUT2D eigenvalue weighted by atomic mass is 10.1. The highest BCUT2D eigenvalue weighted by Crippen LogP contribution is 2.43. The number of hydrogen-bond acceptors (Lipinski definition) is 8. The number of hydrogen-bond donors (Lipinski definition) is 2. The number of carbonyl (C=O) groups is 1. The van der Waals surface area contributed by atoms with Crippen LogP contribution >= 0.6 is 0 Å². The first-order valence-electron chi connectivity index (χ1n) is 13.2. The molecule has 12 heteroatoms. The van der Waals surface area contributed by atoms with E-state index in [1.165, 1.54) is 10.3 Å². The van der Waals surface area contributed by atoms with Gasteiger partial charge in [0.15, 0.2) is 5.65 Å². The molecule has 2 aromatic carbocycles. The van der Waals surface area contributed by atoms with E-state index in [1.807, 2.05) is 12.1 Å². The van der Waals surface area contributed by atoms with Crippen molar-refractivity contribution in [2.75, 3.05) is 10.6 Å². The summed E-state index contributed by atoms with van der Waals surface area (Å²) in [5.41, 5.74) is 4.08. The highest BCUT2D eigenvalue weighted by molar-refractivity contribution is 7.90. The summed E-state index contributed by atoms with van der Waals surface area (Å²) in [5, 5.41) is 10.0. The van der Waals surface area contributed by atoms with Gasteiger partial charge in [-0.05, 0) is 60.9 Å². The molecule has 2 amide bonds. The SMILES string of the molecule is O=C(Nc1ccc(-c2cc3c(C4CC4)ncnc3n2S(=O)(=O)c2ccccc2)cc1)Nc1cc(-c2cccnc2)no1. The summed E-state index contributed by atoms with van der Waals surface area (Å²) < 4.78 is 34.3. The van der Waals surface area contributed by atoms with Gasteiger partial charge in [-0.3, -0.25) is 10.3 Å². The monoisotopic (exact) mass is 577 g/mol. The molecule has 0 aliphatic heterocycles. The van der Waals surface area contributed by atoms with Crippen molar-refractivity contribution < 1.29 is 17.7 Å². The average molecular weight is 578 g/mol. The van der Waals surface area contributed by atoms with E-state index >= 15 is 0 Å². The summed E-state index contributed by atoms with van der Waals surface area (Å²) in [6, 6.07) is 21.7. The molecular weight excluding hydrogens is 554 g/mol. The lowest BCUT2D eigenvalue weighted by Gasteiger charge is -2.12. The van der Waals surface area contributed by atoms with Gasteiger partial charge in [-0.25, -0.2) is 27.2 Å². The van der Waals surface area contributed by atoms with Gasteiger partial charge < -0.3 is 9.84 Å². The van der Waals surface area contributed by atoms with Crippen LogP contribution in [0.3, 0.4) is 0 Å². The van der Waals surface area contributed by atoms with Crippen molar-refractivity contribution in [3.05, 3.63) is 103 Å². The van der Waals surface area contributed by atoms with Gasteiger partial charge in [0.25, 0.3) is 10.0 Å². The third-order valence-electron chi connectivity index (χ3n) is 6.97. The first-order valence-corrected chi connectivity index (χ1v) is 14.6. The summed E-state index contributed by atoms with van der Waals surface area (Å²) in [5.74, 6) is 0.472. The van der Waals surface area contributed by atoms with Crippen LogP contribution in [-0.4, -0.2) is 38.5 Å². The number of rotatable bonds is 7. The second-order valence-electron chi connectivity index (χ2n) is 9.86. The van der Waals surface area contributed by atoms with Crippen molar-refractivity contribution in [1.82, 2.24) is 24.1 Å². The standard InChI is InChI=1S/C30H23N7O4S/c38-30(35-27-16-25(36-41-27)21-5-4-14-31-17-21)34-22-12-10-19(11-13-22)26-15-24-28(20-8-9-20)32-18-33-29(24)37(26)42(39,40)23-6-2-1-3-7-23/h1-7,10-18,20H,8-9H2,(H2,34,35,38). The van der Waals surface area contributed by atoms with Gasteiger partial charge in [-0.15, -0.1) is 0 Å². The molecule has 4 heterocycles. The van der Waals surface area contributed by atoms with Crippen molar-refractivity contribution in [2.24, 2.45) is 0 Å². The largest absolute Gasteiger partial charge is 0.338 e. The Morgan fingerprint density at radius 1 is 0.905 bits per heavy atom. The molecule has 208 valence electrons. The minimum Gasteiger partial charge on any atom is -0.338 e. The highest BCUT2D eigenvalue weighted by Gasteiger charge is 2.31. The van der Waals surface area contributed by atoms with E-state index in [0.717, 1.165) is 24.1 Å². The second-order valence-corrected chi connectivity index (χ2v) is 11.6. The van der Waals surface area contributed by atoms with E-state index in [2.05, 4.69) is 30.7 Å². The van der Waals surface area contributed by atoms with E-state index < -0.39 is 16.1 Å². The predicted octanol–water partition coefficient (Wildman–Crippen LogP) is 5.91. The quantitative estimate of drug-likeness (QED) is 0.238. The van der Waals surface area contributed by atoms with Gasteiger partial charge in [0.05, 0.1) is 16.3 Å². The number of amides is 2. The van der Waals surface area contributed by atoms with Gasteiger partial charge in [-0.2, -0.15) is 0 Å². The molecule has 2 N–H and O–H groups in total. The number of pyridine rings is 1. The van der Waals surface area contributed by atoms with Gasteiger partial charge in [0.2, 0.25) is 5.88 Å². The topological polar surface area (TPSA) is 145 Å². The maximum absolute atomic E-state index is 13.9. The number of fused-ring (bicyclic) bond motifs is 1. The first-order chi connectivity index (χ1) is 20.5. The highest BCUT2D eigenvalue weighted by atomic mass is 32.2.